The summed E-state index contributed by atoms with van der Waals surface area (Å²) in [6.45, 7) is 3.64. The number of fused-ring (bicyclic) bond motifs is 2. The van der Waals surface area contributed by atoms with E-state index in [-0.39, 0.29) is 5.92 Å². The molecule has 0 aromatic carbocycles. The molecule has 160 valence electrons. The van der Waals surface area contributed by atoms with Gasteiger partial charge >= 0.3 is 0 Å². The van der Waals surface area contributed by atoms with Crippen molar-refractivity contribution in [1.82, 2.24) is 25.1 Å². The maximum Gasteiger partial charge on any atom is 0.227 e. The summed E-state index contributed by atoms with van der Waals surface area (Å²) in [5, 5.41) is 13.1. The molecule has 8 nitrogen and oxygen atoms in total. The molecule has 2 N–H and O–H groups in total. The van der Waals surface area contributed by atoms with E-state index >= 15 is 0 Å². The maximum absolute atomic E-state index is 12.8. The molecule has 3 aromatic heterocycles. The van der Waals surface area contributed by atoms with Crippen molar-refractivity contribution in [3.63, 3.8) is 0 Å². The van der Waals surface area contributed by atoms with Gasteiger partial charge in [-0.25, -0.2) is 4.98 Å². The summed E-state index contributed by atoms with van der Waals surface area (Å²) < 4.78 is 1.05. The number of hydrogen-bond donors (Lipinski definition) is 2. The summed E-state index contributed by atoms with van der Waals surface area (Å²) in [6, 6.07) is 4.14. The Labute approximate surface area is 184 Å². The van der Waals surface area contributed by atoms with Crippen molar-refractivity contribution in [3.05, 3.63) is 23.2 Å². The van der Waals surface area contributed by atoms with Gasteiger partial charge in [-0.3, -0.25) is 9.89 Å². The number of thiophene rings is 1. The molecule has 0 radical (unpaired) electrons. The van der Waals surface area contributed by atoms with E-state index in [9.17, 15) is 4.79 Å². The number of H-pyrrole nitrogens is 1. The minimum atomic E-state index is 0.224. The third kappa shape index (κ3) is 3.01. The highest BCUT2D eigenvalue weighted by molar-refractivity contribution is 7.17. The number of nitrogens with one attached hydrogen (secondary N) is 2. The first-order valence-electron chi connectivity index (χ1n) is 11.4. The second-order valence-electron chi connectivity index (χ2n) is 9.41. The molecule has 3 aromatic rings. The summed E-state index contributed by atoms with van der Waals surface area (Å²) in [4.78, 5) is 26.8. The summed E-state index contributed by atoms with van der Waals surface area (Å²) in [5.74, 6) is 4.54. The number of hydrogen-bond acceptors (Lipinski definition) is 7. The number of nitrogens with zero attached hydrogens (tertiary/aromatic N) is 5. The topological polar surface area (TPSA) is 90.0 Å². The fourth-order valence-electron chi connectivity index (χ4n) is 5.41. The Morgan fingerprint density at radius 2 is 1.97 bits per heavy atom. The third-order valence-electron chi connectivity index (χ3n) is 7.33. The predicted octanol–water partition coefficient (Wildman–Crippen LogP) is 3.34. The molecule has 0 bridgehead atoms. The van der Waals surface area contributed by atoms with Crippen LogP contribution in [0.15, 0.2) is 17.5 Å². The van der Waals surface area contributed by atoms with Crippen LogP contribution in [0.1, 0.15) is 37.3 Å². The monoisotopic (exact) mass is 435 g/mol. The van der Waals surface area contributed by atoms with Crippen LogP contribution in [0.3, 0.4) is 0 Å². The minimum absolute atomic E-state index is 0.224. The molecule has 1 unspecified atom stereocenters. The van der Waals surface area contributed by atoms with Crippen LogP contribution in [0.2, 0.25) is 0 Å². The van der Waals surface area contributed by atoms with Crippen LogP contribution in [0, 0.1) is 17.8 Å². The molecular formula is C22H25N7OS. The quantitative estimate of drug-likeness (QED) is 0.639. The number of piperidine rings is 1. The number of likely N-dealkylation sites (tertiary alicyclic amines) is 1. The van der Waals surface area contributed by atoms with E-state index in [1.54, 1.807) is 11.3 Å². The second-order valence-corrected chi connectivity index (χ2v) is 10.3. The van der Waals surface area contributed by atoms with Crippen molar-refractivity contribution >= 4 is 45.0 Å². The lowest BCUT2D eigenvalue weighted by molar-refractivity contribution is -0.132. The molecule has 2 aliphatic heterocycles. The van der Waals surface area contributed by atoms with Crippen molar-refractivity contribution < 1.29 is 4.79 Å². The fourth-order valence-corrected chi connectivity index (χ4v) is 6.18. The molecular weight excluding hydrogens is 410 g/mol. The van der Waals surface area contributed by atoms with Gasteiger partial charge in [-0.2, -0.15) is 10.1 Å². The first-order valence-corrected chi connectivity index (χ1v) is 12.2. The number of aromatic amines is 1. The number of carbonyl (C=O) groups excluding carboxylic acids is 1. The number of amides is 1. The average Bonchev–Trinajstić information content (AvgIpc) is 3.37. The Hall–Kier alpha value is -2.68. The zero-order valence-corrected chi connectivity index (χ0v) is 18.1. The SMILES string of the molecule is O=C(C1[C@H]2CN(c3nc(Nc4cc(C5CC5)[nH]n4)c4sccc4n3)C[C@@H]12)N1CCCC1. The zero-order valence-electron chi connectivity index (χ0n) is 17.3. The molecule has 1 amide bonds. The van der Waals surface area contributed by atoms with Crippen LogP contribution < -0.4 is 10.2 Å². The van der Waals surface area contributed by atoms with E-state index in [0.29, 0.717) is 23.7 Å². The van der Waals surface area contributed by atoms with Gasteiger partial charge in [-0.15, -0.1) is 11.3 Å². The van der Waals surface area contributed by atoms with Gasteiger partial charge < -0.3 is 15.1 Å². The van der Waals surface area contributed by atoms with Gasteiger partial charge in [-0.1, -0.05) is 0 Å². The Kier molecular flexibility index (Phi) is 3.85. The normalized spacial score (nSPS) is 27.2. The highest BCUT2D eigenvalue weighted by Gasteiger charge is 2.60. The molecule has 7 rings (SSSR count). The summed E-state index contributed by atoms with van der Waals surface area (Å²) >= 11 is 1.64. The molecule has 2 saturated heterocycles. The predicted molar refractivity (Wildman–Crippen MR) is 120 cm³/mol. The van der Waals surface area contributed by atoms with Crippen LogP contribution >= 0.6 is 11.3 Å². The van der Waals surface area contributed by atoms with Gasteiger partial charge in [0.1, 0.15) is 0 Å². The van der Waals surface area contributed by atoms with Crippen LogP contribution in [0.5, 0.6) is 0 Å². The molecule has 2 aliphatic carbocycles. The van der Waals surface area contributed by atoms with Gasteiger partial charge in [0.2, 0.25) is 11.9 Å². The van der Waals surface area contributed by atoms with Crippen molar-refractivity contribution in [2.45, 2.75) is 31.6 Å². The van der Waals surface area contributed by atoms with Gasteiger partial charge in [0.25, 0.3) is 0 Å². The van der Waals surface area contributed by atoms with Crippen LogP contribution in [-0.4, -0.2) is 57.2 Å². The standard InChI is InChI=1S/C22H25N7OS/c30-21(28-6-1-2-7-28)18-13-10-29(11-14(13)18)22-23-15-5-8-31-19(15)20(25-22)24-17-9-16(26-27-17)12-3-4-12/h5,8-9,12-14,18H,1-4,6-7,10-11H2,(H2,23,24,25,26,27)/t13-,14+,18?. The van der Waals surface area contributed by atoms with Crippen LogP contribution in [-0.2, 0) is 4.79 Å². The van der Waals surface area contributed by atoms with Gasteiger partial charge in [0.15, 0.2) is 11.6 Å². The van der Waals surface area contributed by atoms with Crippen LogP contribution in [0.4, 0.5) is 17.6 Å². The smallest absolute Gasteiger partial charge is 0.227 e. The van der Waals surface area contributed by atoms with E-state index in [1.165, 1.54) is 18.5 Å². The van der Waals surface area contributed by atoms with Crippen molar-refractivity contribution in [2.24, 2.45) is 17.8 Å². The lowest BCUT2D eigenvalue weighted by Crippen LogP contribution is -2.34. The maximum atomic E-state index is 12.8. The van der Waals surface area contributed by atoms with E-state index in [0.717, 1.165) is 66.8 Å². The summed E-state index contributed by atoms with van der Waals surface area (Å²) in [7, 11) is 0. The van der Waals surface area contributed by atoms with Crippen molar-refractivity contribution in [3.8, 4) is 0 Å². The zero-order chi connectivity index (χ0) is 20.5. The molecule has 2 saturated carbocycles. The fraction of sp³-hybridized carbons (Fsp3) is 0.545. The molecule has 0 spiro atoms. The summed E-state index contributed by atoms with van der Waals surface area (Å²) in [5.41, 5.74) is 2.16. The highest BCUT2D eigenvalue weighted by Crippen LogP contribution is 2.53. The van der Waals surface area contributed by atoms with Crippen LogP contribution in [0.25, 0.3) is 10.2 Å². The second kappa shape index (κ2) is 6.66. The van der Waals surface area contributed by atoms with E-state index in [1.807, 2.05) is 6.07 Å². The van der Waals surface area contributed by atoms with E-state index in [2.05, 4.69) is 36.8 Å². The van der Waals surface area contributed by atoms with Crippen molar-refractivity contribution in [1.29, 1.82) is 0 Å². The lowest BCUT2D eigenvalue weighted by Gasteiger charge is -2.22. The van der Waals surface area contributed by atoms with E-state index < -0.39 is 0 Å². The van der Waals surface area contributed by atoms with Crippen molar-refractivity contribution in [2.75, 3.05) is 36.4 Å². The number of anilines is 3. The number of rotatable bonds is 5. The third-order valence-corrected chi connectivity index (χ3v) is 8.24. The molecule has 5 heterocycles. The molecule has 4 fully saturated rings. The molecule has 3 atom stereocenters. The highest BCUT2D eigenvalue weighted by atomic mass is 32.1. The largest absolute Gasteiger partial charge is 0.342 e. The first-order chi connectivity index (χ1) is 15.2. The first kappa shape index (κ1) is 17.9. The average molecular weight is 436 g/mol. The number of aromatic nitrogens is 4. The minimum Gasteiger partial charge on any atom is -0.342 e. The number of carbonyl (C=O) groups is 1. The lowest BCUT2D eigenvalue weighted by atomic mass is 10.2. The Morgan fingerprint density at radius 3 is 2.74 bits per heavy atom. The Bertz CT molecular complexity index is 1150. The Morgan fingerprint density at radius 1 is 1.16 bits per heavy atom. The van der Waals surface area contributed by atoms with E-state index in [4.69, 9.17) is 9.97 Å². The van der Waals surface area contributed by atoms with Gasteiger partial charge in [-0.05, 0) is 49.0 Å². The molecule has 9 heteroatoms. The summed E-state index contributed by atoms with van der Waals surface area (Å²) in [6.07, 6.45) is 4.80. The Balaban J connectivity index is 1.11. The molecule has 4 aliphatic rings. The van der Waals surface area contributed by atoms with Gasteiger partial charge in [0, 0.05) is 49.8 Å². The van der Waals surface area contributed by atoms with Gasteiger partial charge in [0.05, 0.1) is 10.2 Å². The molecule has 31 heavy (non-hydrogen) atoms.